The molecule has 1 aromatic heterocycles. The van der Waals surface area contributed by atoms with Crippen LogP contribution in [-0.2, 0) is 17.8 Å². The number of likely N-dealkylation sites (N-methyl/N-ethyl adjacent to an activating group) is 1. The predicted molar refractivity (Wildman–Crippen MR) is 96.0 cm³/mol. The van der Waals surface area contributed by atoms with Gasteiger partial charge in [0.25, 0.3) is 0 Å². The molecule has 2 aromatic carbocycles. The lowest BCUT2D eigenvalue weighted by molar-refractivity contribution is -0.129. The van der Waals surface area contributed by atoms with E-state index in [1.807, 2.05) is 37.3 Å². The molecule has 0 radical (unpaired) electrons. The molecule has 1 amide bonds. The number of H-pyrrole nitrogens is 1. The van der Waals surface area contributed by atoms with Crippen molar-refractivity contribution in [2.45, 2.75) is 19.9 Å². The van der Waals surface area contributed by atoms with E-state index in [4.69, 9.17) is 4.74 Å². The monoisotopic (exact) mass is 340 g/mol. The van der Waals surface area contributed by atoms with Crippen LogP contribution < -0.4 is 4.74 Å². The average Bonchev–Trinajstić information content (AvgIpc) is 2.98. The number of hydrogen-bond donors (Lipinski definition) is 1. The first-order valence-electron chi connectivity index (χ1n) is 8.28. The summed E-state index contributed by atoms with van der Waals surface area (Å²) < 4.78 is 18.7. The van der Waals surface area contributed by atoms with E-state index in [2.05, 4.69) is 4.98 Å². The first-order chi connectivity index (χ1) is 12.0. The summed E-state index contributed by atoms with van der Waals surface area (Å²) in [4.78, 5) is 17.3. The summed E-state index contributed by atoms with van der Waals surface area (Å²) in [5.74, 6) is 0.560. The highest BCUT2D eigenvalue weighted by Crippen LogP contribution is 2.18. The van der Waals surface area contributed by atoms with Crippen LogP contribution in [0.1, 0.15) is 18.2 Å². The maximum absolute atomic E-state index is 13.3. The molecule has 0 aliphatic carbocycles. The quantitative estimate of drug-likeness (QED) is 0.739. The van der Waals surface area contributed by atoms with Gasteiger partial charge in [0, 0.05) is 23.6 Å². The molecule has 0 unspecified atom stereocenters. The third kappa shape index (κ3) is 4.18. The van der Waals surface area contributed by atoms with Crippen molar-refractivity contribution in [1.82, 2.24) is 9.88 Å². The molecule has 0 saturated heterocycles. The Hall–Kier alpha value is -2.82. The Labute approximate surface area is 146 Å². The van der Waals surface area contributed by atoms with E-state index in [0.717, 1.165) is 27.9 Å². The first-order valence-corrected chi connectivity index (χ1v) is 8.28. The molecule has 0 atom stereocenters. The largest absolute Gasteiger partial charge is 0.494 e. The number of aromatic nitrogens is 1. The number of benzene rings is 2. The number of nitrogens with one attached hydrogen (secondary N) is 1. The minimum absolute atomic E-state index is 0.0222. The van der Waals surface area contributed by atoms with Crippen LogP contribution >= 0.6 is 0 Å². The van der Waals surface area contributed by atoms with E-state index in [9.17, 15) is 9.18 Å². The van der Waals surface area contributed by atoms with Gasteiger partial charge in [0.15, 0.2) is 0 Å². The fourth-order valence-corrected chi connectivity index (χ4v) is 2.77. The van der Waals surface area contributed by atoms with Crippen LogP contribution in [0.5, 0.6) is 5.75 Å². The number of halogens is 1. The molecule has 0 bridgehead atoms. The summed E-state index contributed by atoms with van der Waals surface area (Å²) in [6.07, 6.45) is 0.331. The molecule has 0 saturated carbocycles. The second kappa shape index (κ2) is 7.38. The van der Waals surface area contributed by atoms with Gasteiger partial charge < -0.3 is 14.6 Å². The van der Waals surface area contributed by atoms with Gasteiger partial charge in [0.05, 0.1) is 19.6 Å². The van der Waals surface area contributed by atoms with Crippen LogP contribution in [0.2, 0.25) is 0 Å². The molecular weight excluding hydrogens is 319 g/mol. The molecule has 25 heavy (non-hydrogen) atoms. The second-order valence-electron chi connectivity index (χ2n) is 6.03. The highest BCUT2D eigenvalue weighted by atomic mass is 19.1. The molecule has 130 valence electrons. The van der Waals surface area contributed by atoms with Gasteiger partial charge in [-0.25, -0.2) is 4.39 Å². The van der Waals surface area contributed by atoms with Crippen LogP contribution in [0.4, 0.5) is 4.39 Å². The van der Waals surface area contributed by atoms with Gasteiger partial charge in [-0.15, -0.1) is 0 Å². The lowest BCUT2D eigenvalue weighted by Gasteiger charge is -2.16. The highest BCUT2D eigenvalue weighted by Gasteiger charge is 2.12. The van der Waals surface area contributed by atoms with Gasteiger partial charge in [-0.05, 0) is 48.9 Å². The van der Waals surface area contributed by atoms with E-state index in [-0.39, 0.29) is 11.7 Å². The molecular formula is C20H21FN2O2. The molecule has 5 heteroatoms. The Kier molecular flexibility index (Phi) is 5.03. The maximum Gasteiger partial charge on any atom is 0.227 e. The van der Waals surface area contributed by atoms with Crippen molar-refractivity contribution in [3.05, 3.63) is 65.6 Å². The van der Waals surface area contributed by atoms with E-state index < -0.39 is 0 Å². The number of carbonyl (C=O) groups is 1. The van der Waals surface area contributed by atoms with Crippen molar-refractivity contribution in [3.8, 4) is 5.75 Å². The number of amides is 1. The number of ether oxygens (including phenoxy) is 1. The van der Waals surface area contributed by atoms with E-state index in [1.165, 1.54) is 12.1 Å². The fraction of sp³-hybridized carbons (Fsp3) is 0.250. The molecule has 0 aliphatic heterocycles. The summed E-state index contributed by atoms with van der Waals surface area (Å²) in [5.41, 5.74) is 2.69. The smallest absolute Gasteiger partial charge is 0.227 e. The van der Waals surface area contributed by atoms with Crippen LogP contribution in [0.3, 0.4) is 0 Å². The van der Waals surface area contributed by atoms with E-state index >= 15 is 0 Å². The van der Waals surface area contributed by atoms with Gasteiger partial charge in [0.2, 0.25) is 5.91 Å². The summed E-state index contributed by atoms with van der Waals surface area (Å²) in [7, 11) is 1.77. The zero-order valence-corrected chi connectivity index (χ0v) is 14.4. The molecule has 1 heterocycles. The van der Waals surface area contributed by atoms with Gasteiger partial charge >= 0.3 is 0 Å². The Balaban J connectivity index is 1.63. The van der Waals surface area contributed by atoms with Crippen LogP contribution in [0.15, 0.2) is 48.5 Å². The van der Waals surface area contributed by atoms with Crippen LogP contribution in [-0.4, -0.2) is 29.4 Å². The third-order valence-corrected chi connectivity index (χ3v) is 4.06. The lowest BCUT2D eigenvalue weighted by atomic mass is 10.1. The predicted octanol–water partition coefficient (Wildman–Crippen LogP) is 3.91. The Morgan fingerprint density at radius 2 is 1.92 bits per heavy atom. The molecule has 0 fully saturated rings. The van der Waals surface area contributed by atoms with Gasteiger partial charge in [-0.1, -0.05) is 12.1 Å². The molecule has 0 spiro atoms. The maximum atomic E-state index is 13.3. The number of rotatable bonds is 6. The van der Waals surface area contributed by atoms with Crippen molar-refractivity contribution < 1.29 is 13.9 Å². The number of hydrogen-bond acceptors (Lipinski definition) is 2. The van der Waals surface area contributed by atoms with Crippen molar-refractivity contribution in [2.75, 3.05) is 13.7 Å². The minimum atomic E-state index is -0.266. The summed E-state index contributed by atoms with van der Waals surface area (Å²) >= 11 is 0. The standard InChI is InChI=1S/C20H21FN2O2/c1-3-25-18-7-4-14(5-8-18)10-20(24)23(2)13-17-12-15-11-16(21)6-9-19(15)22-17/h4-9,11-12,22H,3,10,13H2,1-2H3. The Morgan fingerprint density at radius 3 is 2.64 bits per heavy atom. The van der Waals surface area contributed by atoms with Crippen molar-refractivity contribution >= 4 is 16.8 Å². The van der Waals surface area contributed by atoms with Gasteiger partial charge in [-0.3, -0.25) is 4.79 Å². The number of fused-ring (bicyclic) bond motifs is 1. The number of nitrogens with zero attached hydrogens (tertiary/aromatic N) is 1. The van der Waals surface area contributed by atoms with Crippen molar-refractivity contribution in [2.24, 2.45) is 0 Å². The van der Waals surface area contributed by atoms with Gasteiger partial charge in [0.1, 0.15) is 11.6 Å². The zero-order valence-electron chi connectivity index (χ0n) is 14.4. The average molecular weight is 340 g/mol. The summed E-state index contributed by atoms with van der Waals surface area (Å²) in [5, 5.41) is 0.808. The highest BCUT2D eigenvalue weighted by molar-refractivity contribution is 5.81. The second-order valence-corrected chi connectivity index (χ2v) is 6.03. The summed E-state index contributed by atoms with van der Waals surface area (Å²) in [6.45, 7) is 3.01. The van der Waals surface area contributed by atoms with Crippen molar-refractivity contribution in [1.29, 1.82) is 0 Å². The van der Waals surface area contributed by atoms with Crippen LogP contribution in [0, 0.1) is 5.82 Å². The Bertz CT molecular complexity index is 871. The SMILES string of the molecule is CCOc1ccc(CC(=O)N(C)Cc2cc3cc(F)ccc3[nH]2)cc1. The zero-order chi connectivity index (χ0) is 17.8. The van der Waals surface area contributed by atoms with E-state index in [0.29, 0.717) is 19.6 Å². The molecule has 0 aliphatic rings. The molecule has 4 nitrogen and oxygen atoms in total. The topological polar surface area (TPSA) is 45.3 Å². The molecule has 3 rings (SSSR count). The number of aromatic amines is 1. The lowest BCUT2D eigenvalue weighted by Crippen LogP contribution is -2.27. The Morgan fingerprint density at radius 1 is 1.16 bits per heavy atom. The first kappa shape index (κ1) is 17.0. The minimum Gasteiger partial charge on any atom is -0.494 e. The van der Waals surface area contributed by atoms with E-state index in [1.54, 1.807) is 18.0 Å². The molecule has 1 N–H and O–H groups in total. The fourth-order valence-electron chi connectivity index (χ4n) is 2.77. The summed E-state index contributed by atoms with van der Waals surface area (Å²) in [6, 6.07) is 14.0. The third-order valence-electron chi connectivity index (χ3n) is 4.06. The van der Waals surface area contributed by atoms with Crippen LogP contribution in [0.25, 0.3) is 10.9 Å². The normalized spacial score (nSPS) is 10.8. The van der Waals surface area contributed by atoms with Gasteiger partial charge in [-0.2, -0.15) is 0 Å². The number of carbonyl (C=O) groups excluding carboxylic acids is 1. The van der Waals surface area contributed by atoms with Crippen molar-refractivity contribution in [3.63, 3.8) is 0 Å². The molecule has 3 aromatic rings.